The normalized spacial score (nSPS) is 13.2. The molecule has 1 aliphatic rings. The van der Waals surface area contributed by atoms with Crippen LogP contribution >= 0.6 is 0 Å². The van der Waals surface area contributed by atoms with Crippen molar-refractivity contribution in [3.05, 3.63) is 70.8 Å². The molecule has 0 aliphatic heterocycles. The molecule has 0 atom stereocenters. The Morgan fingerprint density at radius 2 is 1.74 bits per heavy atom. The fourth-order valence-corrected chi connectivity index (χ4v) is 2.73. The van der Waals surface area contributed by atoms with Crippen LogP contribution < -0.4 is 0 Å². The van der Waals surface area contributed by atoms with E-state index in [0.29, 0.717) is 0 Å². The molecule has 19 heavy (non-hydrogen) atoms. The summed E-state index contributed by atoms with van der Waals surface area (Å²) in [6, 6.07) is 17.8. The van der Waals surface area contributed by atoms with Crippen LogP contribution in [-0.4, -0.2) is 0 Å². The van der Waals surface area contributed by atoms with Crippen LogP contribution in [0.25, 0.3) is 11.6 Å². The Labute approximate surface area is 115 Å². The zero-order valence-electron chi connectivity index (χ0n) is 11.5. The average molecular weight is 248 g/mol. The van der Waals surface area contributed by atoms with E-state index in [2.05, 4.69) is 61.5 Å². The van der Waals surface area contributed by atoms with Gasteiger partial charge in [0.1, 0.15) is 0 Å². The zero-order chi connectivity index (χ0) is 13.1. The highest BCUT2D eigenvalue weighted by molar-refractivity contribution is 5.88. The third-order valence-corrected chi connectivity index (χ3v) is 3.91. The molecule has 0 heteroatoms. The van der Waals surface area contributed by atoms with E-state index in [-0.39, 0.29) is 0 Å². The Balaban J connectivity index is 1.78. The van der Waals surface area contributed by atoms with Gasteiger partial charge in [-0.1, -0.05) is 68.0 Å². The minimum Gasteiger partial charge on any atom is -0.0654 e. The molecule has 0 amide bonds. The fraction of sp³-hybridized carbons (Fsp3) is 0.263. The smallest absolute Gasteiger partial charge is 0.00137 e. The van der Waals surface area contributed by atoms with E-state index in [1.165, 1.54) is 47.1 Å². The maximum absolute atomic E-state index is 2.33. The maximum Gasteiger partial charge on any atom is -0.00137 e. The molecule has 0 nitrogen and oxygen atoms in total. The Hall–Kier alpha value is -1.82. The summed E-state index contributed by atoms with van der Waals surface area (Å²) < 4.78 is 0. The van der Waals surface area contributed by atoms with Crippen LogP contribution in [0, 0.1) is 0 Å². The predicted octanol–water partition coefficient (Wildman–Crippen LogP) is 5.13. The molecule has 2 aromatic rings. The third-order valence-electron chi connectivity index (χ3n) is 3.91. The van der Waals surface area contributed by atoms with E-state index < -0.39 is 0 Å². The fourth-order valence-electron chi connectivity index (χ4n) is 2.73. The second-order valence-electron chi connectivity index (χ2n) is 5.35. The standard InChI is InChI=1S/C19H20/c1-2-3-6-15-9-11-16(12-10-15)19-13-17-7-4-5-8-18(17)14-19/h4-5,7-13H,2-3,6,14H2,1H3. The van der Waals surface area contributed by atoms with E-state index in [1.54, 1.807) is 0 Å². The van der Waals surface area contributed by atoms with Crippen molar-refractivity contribution in [1.82, 2.24) is 0 Å². The molecule has 0 heterocycles. The quantitative estimate of drug-likeness (QED) is 0.704. The highest BCUT2D eigenvalue weighted by Gasteiger charge is 2.12. The number of rotatable bonds is 4. The average Bonchev–Trinajstić information content (AvgIpc) is 2.89. The van der Waals surface area contributed by atoms with Crippen molar-refractivity contribution in [2.75, 3.05) is 0 Å². The largest absolute Gasteiger partial charge is 0.0654 e. The van der Waals surface area contributed by atoms with Gasteiger partial charge in [0, 0.05) is 0 Å². The first-order chi connectivity index (χ1) is 9.36. The number of fused-ring (bicyclic) bond motifs is 1. The lowest BCUT2D eigenvalue weighted by atomic mass is 10.0. The van der Waals surface area contributed by atoms with Crippen molar-refractivity contribution in [1.29, 1.82) is 0 Å². The van der Waals surface area contributed by atoms with Crippen LogP contribution in [0.1, 0.15) is 42.0 Å². The summed E-state index contributed by atoms with van der Waals surface area (Å²) in [6.45, 7) is 2.24. The number of hydrogen-bond donors (Lipinski definition) is 0. The van der Waals surface area contributed by atoms with Crippen molar-refractivity contribution in [2.45, 2.75) is 32.6 Å². The van der Waals surface area contributed by atoms with Crippen LogP contribution in [0.4, 0.5) is 0 Å². The molecule has 96 valence electrons. The van der Waals surface area contributed by atoms with Gasteiger partial charge in [0.25, 0.3) is 0 Å². The molecule has 2 aromatic carbocycles. The van der Waals surface area contributed by atoms with Crippen molar-refractivity contribution >= 4 is 11.6 Å². The zero-order valence-corrected chi connectivity index (χ0v) is 11.5. The number of aryl methyl sites for hydroxylation is 1. The van der Waals surface area contributed by atoms with Crippen LogP contribution in [0.2, 0.25) is 0 Å². The minimum atomic E-state index is 1.07. The Bertz CT molecular complexity index is 588. The van der Waals surface area contributed by atoms with Crippen molar-refractivity contribution in [3.63, 3.8) is 0 Å². The highest BCUT2D eigenvalue weighted by atomic mass is 14.2. The first-order valence-electron chi connectivity index (χ1n) is 7.24. The lowest BCUT2D eigenvalue weighted by Gasteiger charge is -2.05. The summed E-state index contributed by atoms with van der Waals surface area (Å²) in [5, 5.41) is 0. The molecule has 0 aromatic heterocycles. The number of allylic oxidation sites excluding steroid dienone is 1. The summed E-state index contributed by atoms with van der Waals surface area (Å²) in [5.41, 5.74) is 7.11. The maximum atomic E-state index is 2.33. The third kappa shape index (κ3) is 2.63. The molecular weight excluding hydrogens is 228 g/mol. The summed E-state index contributed by atoms with van der Waals surface area (Å²) in [7, 11) is 0. The SMILES string of the molecule is CCCCc1ccc(C2=Cc3ccccc3C2)cc1. The van der Waals surface area contributed by atoms with Gasteiger partial charge >= 0.3 is 0 Å². The van der Waals surface area contributed by atoms with Gasteiger partial charge in [-0.05, 0) is 47.1 Å². The van der Waals surface area contributed by atoms with Crippen LogP contribution in [0.5, 0.6) is 0 Å². The number of benzene rings is 2. The first kappa shape index (κ1) is 12.2. The molecule has 0 saturated carbocycles. The van der Waals surface area contributed by atoms with Gasteiger partial charge in [0.15, 0.2) is 0 Å². The Morgan fingerprint density at radius 1 is 0.947 bits per heavy atom. The Morgan fingerprint density at radius 3 is 2.47 bits per heavy atom. The van der Waals surface area contributed by atoms with Crippen LogP contribution in [0.3, 0.4) is 0 Å². The van der Waals surface area contributed by atoms with Gasteiger partial charge in [-0.25, -0.2) is 0 Å². The van der Waals surface area contributed by atoms with E-state index in [9.17, 15) is 0 Å². The van der Waals surface area contributed by atoms with Gasteiger partial charge in [-0.3, -0.25) is 0 Å². The van der Waals surface area contributed by atoms with Gasteiger partial charge in [-0.15, -0.1) is 0 Å². The van der Waals surface area contributed by atoms with Gasteiger partial charge in [0.05, 0.1) is 0 Å². The molecule has 0 N–H and O–H groups in total. The highest BCUT2D eigenvalue weighted by Crippen LogP contribution is 2.31. The summed E-state index contributed by atoms with van der Waals surface area (Å²) in [4.78, 5) is 0. The Kier molecular flexibility index (Phi) is 3.50. The molecule has 3 rings (SSSR count). The molecular formula is C19H20. The van der Waals surface area contributed by atoms with E-state index in [4.69, 9.17) is 0 Å². The van der Waals surface area contributed by atoms with Crippen molar-refractivity contribution in [2.24, 2.45) is 0 Å². The van der Waals surface area contributed by atoms with Gasteiger partial charge in [-0.2, -0.15) is 0 Å². The molecule has 0 spiro atoms. The van der Waals surface area contributed by atoms with E-state index in [0.717, 1.165) is 6.42 Å². The molecule has 0 bridgehead atoms. The first-order valence-corrected chi connectivity index (χ1v) is 7.24. The van der Waals surface area contributed by atoms with Crippen molar-refractivity contribution < 1.29 is 0 Å². The molecule has 0 fully saturated rings. The second-order valence-corrected chi connectivity index (χ2v) is 5.35. The summed E-state index contributed by atoms with van der Waals surface area (Å²) >= 11 is 0. The van der Waals surface area contributed by atoms with Gasteiger partial charge in [0.2, 0.25) is 0 Å². The van der Waals surface area contributed by atoms with E-state index in [1.807, 2.05) is 0 Å². The summed E-state index contributed by atoms with van der Waals surface area (Å²) in [5.74, 6) is 0. The topological polar surface area (TPSA) is 0 Å². The number of hydrogen-bond acceptors (Lipinski definition) is 0. The summed E-state index contributed by atoms with van der Waals surface area (Å²) in [6.07, 6.45) is 7.16. The molecule has 0 radical (unpaired) electrons. The predicted molar refractivity (Wildman–Crippen MR) is 83.1 cm³/mol. The number of unbranched alkanes of at least 4 members (excludes halogenated alkanes) is 1. The van der Waals surface area contributed by atoms with Crippen LogP contribution in [0.15, 0.2) is 48.5 Å². The van der Waals surface area contributed by atoms with Crippen LogP contribution in [-0.2, 0) is 12.8 Å². The second kappa shape index (κ2) is 5.44. The van der Waals surface area contributed by atoms with Gasteiger partial charge < -0.3 is 0 Å². The molecule has 1 aliphatic carbocycles. The monoisotopic (exact) mass is 248 g/mol. The lowest BCUT2D eigenvalue weighted by molar-refractivity contribution is 0.795. The molecule has 0 saturated heterocycles. The lowest BCUT2D eigenvalue weighted by Crippen LogP contribution is -1.88. The van der Waals surface area contributed by atoms with E-state index >= 15 is 0 Å². The molecule has 0 unspecified atom stereocenters. The minimum absolute atomic E-state index is 1.07. The van der Waals surface area contributed by atoms with Crippen molar-refractivity contribution in [3.8, 4) is 0 Å².